The number of benzene rings is 1. The summed E-state index contributed by atoms with van der Waals surface area (Å²) in [5.41, 5.74) is 0.180. The minimum atomic E-state index is -3.63. The number of carboxylic acid groups (broad SMARTS) is 1. The number of sulfonamides is 1. The maximum Gasteiger partial charge on any atom is 0.303 e. The lowest BCUT2D eigenvalue weighted by Gasteiger charge is -2.09. The van der Waals surface area contributed by atoms with Crippen molar-refractivity contribution in [3.63, 3.8) is 0 Å². The molecule has 0 aromatic heterocycles. The van der Waals surface area contributed by atoms with Gasteiger partial charge in [-0.25, -0.2) is 8.42 Å². The van der Waals surface area contributed by atoms with Crippen LogP contribution in [0.2, 0.25) is 10.0 Å². The molecule has 0 aliphatic carbocycles. The number of nitrogens with one attached hydrogen (secondary N) is 1. The highest BCUT2D eigenvalue weighted by molar-refractivity contribution is 7.92. The van der Waals surface area contributed by atoms with E-state index < -0.39 is 16.0 Å². The molecule has 0 amide bonds. The fraction of sp³-hybridized carbons (Fsp3) is 0.300. The van der Waals surface area contributed by atoms with Crippen LogP contribution < -0.4 is 4.72 Å². The molecule has 1 rings (SSSR count). The van der Waals surface area contributed by atoms with E-state index in [-0.39, 0.29) is 34.3 Å². The van der Waals surface area contributed by atoms with Crippen molar-refractivity contribution in [3.05, 3.63) is 28.2 Å². The highest BCUT2D eigenvalue weighted by Crippen LogP contribution is 2.30. The molecule has 5 nitrogen and oxygen atoms in total. The molecule has 1 aromatic carbocycles. The van der Waals surface area contributed by atoms with Gasteiger partial charge in [-0.2, -0.15) is 0 Å². The summed E-state index contributed by atoms with van der Waals surface area (Å²) in [7, 11) is -3.63. The monoisotopic (exact) mass is 311 g/mol. The predicted molar refractivity (Wildman–Crippen MR) is 70.7 cm³/mol. The van der Waals surface area contributed by atoms with Gasteiger partial charge in [-0.1, -0.05) is 29.3 Å². The first kappa shape index (κ1) is 15.1. The highest BCUT2D eigenvalue weighted by atomic mass is 35.5. The first-order valence-electron chi connectivity index (χ1n) is 4.98. The third-order valence-corrected chi connectivity index (χ3v) is 4.20. The molecular formula is C10H11Cl2NO4S. The Morgan fingerprint density at radius 3 is 2.61 bits per heavy atom. The van der Waals surface area contributed by atoms with Crippen molar-refractivity contribution in [2.24, 2.45) is 0 Å². The van der Waals surface area contributed by atoms with Gasteiger partial charge < -0.3 is 5.11 Å². The third kappa shape index (κ3) is 4.72. The van der Waals surface area contributed by atoms with E-state index in [1.54, 1.807) is 6.07 Å². The molecule has 0 radical (unpaired) electrons. The smallest absolute Gasteiger partial charge is 0.303 e. The van der Waals surface area contributed by atoms with Crippen LogP contribution in [0, 0.1) is 0 Å². The summed E-state index contributed by atoms with van der Waals surface area (Å²) in [6.45, 7) is 0. The summed E-state index contributed by atoms with van der Waals surface area (Å²) >= 11 is 11.6. The van der Waals surface area contributed by atoms with E-state index in [0.29, 0.717) is 0 Å². The van der Waals surface area contributed by atoms with Crippen molar-refractivity contribution in [1.29, 1.82) is 0 Å². The number of anilines is 1. The van der Waals surface area contributed by atoms with E-state index in [0.717, 1.165) is 0 Å². The molecule has 0 spiro atoms. The van der Waals surface area contributed by atoms with Gasteiger partial charge in [0.2, 0.25) is 10.0 Å². The number of halogens is 2. The van der Waals surface area contributed by atoms with Gasteiger partial charge >= 0.3 is 5.97 Å². The van der Waals surface area contributed by atoms with Crippen molar-refractivity contribution >= 4 is 44.9 Å². The number of aliphatic carboxylic acids is 1. The summed E-state index contributed by atoms with van der Waals surface area (Å²) in [5.74, 6) is -1.33. The zero-order valence-corrected chi connectivity index (χ0v) is 11.5. The number of carboxylic acids is 1. The van der Waals surface area contributed by atoms with E-state index in [9.17, 15) is 13.2 Å². The van der Waals surface area contributed by atoms with Gasteiger partial charge in [0.15, 0.2) is 0 Å². The SMILES string of the molecule is O=C(O)CCCS(=O)(=O)Nc1cccc(Cl)c1Cl. The van der Waals surface area contributed by atoms with E-state index in [4.69, 9.17) is 28.3 Å². The van der Waals surface area contributed by atoms with Crippen LogP contribution in [-0.2, 0) is 14.8 Å². The minimum absolute atomic E-state index is 0.0306. The molecule has 0 bridgehead atoms. The van der Waals surface area contributed by atoms with Gasteiger partial charge in [0.1, 0.15) is 0 Å². The lowest BCUT2D eigenvalue weighted by atomic mass is 10.3. The maximum absolute atomic E-state index is 11.6. The Labute approximate surface area is 115 Å². The van der Waals surface area contributed by atoms with Crippen LogP contribution in [0.5, 0.6) is 0 Å². The van der Waals surface area contributed by atoms with E-state index in [1.807, 2.05) is 0 Å². The molecule has 100 valence electrons. The molecule has 0 saturated carbocycles. The molecule has 1 aromatic rings. The van der Waals surface area contributed by atoms with Crippen molar-refractivity contribution in [2.75, 3.05) is 10.5 Å². The zero-order valence-electron chi connectivity index (χ0n) is 9.19. The summed E-state index contributed by atoms with van der Waals surface area (Å²) in [4.78, 5) is 10.3. The average Bonchev–Trinajstić information content (AvgIpc) is 2.23. The zero-order chi connectivity index (χ0) is 13.8. The first-order valence-corrected chi connectivity index (χ1v) is 7.39. The molecule has 18 heavy (non-hydrogen) atoms. The van der Waals surface area contributed by atoms with Crippen molar-refractivity contribution in [2.45, 2.75) is 12.8 Å². The lowest BCUT2D eigenvalue weighted by molar-refractivity contribution is -0.137. The van der Waals surface area contributed by atoms with Crippen LogP contribution in [0.3, 0.4) is 0 Å². The summed E-state index contributed by atoms with van der Waals surface area (Å²) in [6.07, 6.45) is -0.174. The van der Waals surface area contributed by atoms with Crippen LogP contribution >= 0.6 is 23.2 Å². The normalized spacial score (nSPS) is 11.2. The number of rotatable bonds is 6. The fourth-order valence-electron chi connectivity index (χ4n) is 1.21. The van der Waals surface area contributed by atoms with Crippen LogP contribution in [0.25, 0.3) is 0 Å². The van der Waals surface area contributed by atoms with Gasteiger partial charge in [0.25, 0.3) is 0 Å². The highest BCUT2D eigenvalue weighted by Gasteiger charge is 2.14. The van der Waals surface area contributed by atoms with Gasteiger partial charge in [-0.15, -0.1) is 0 Å². The standard InChI is InChI=1S/C10H11Cl2NO4S/c11-7-3-1-4-8(10(7)12)13-18(16,17)6-2-5-9(14)15/h1,3-4,13H,2,5-6H2,(H,14,15). The Bertz CT molecular complexity index is 545. The molecule has 0 aliphatic heterocycles. The second kappa shape index (κ2) is 6.26. The van der Waals surface area contributed by atoms with Crippen molar-refractivity contribution < 1.29 is 18.3 Å². The minimum Gasteiger partial charge on any atom is -0.481 e. The van der Waals surface area contributed by atoms with Gasteiger partial charge in [0, 0.05) is 6.42 Å². The molecule has 0 unspecified atom stereocenters. The van der Waals surface area contributed by atoms with Crippen LogP contribution in [0.4, 0.5) is 5.69 Å². The summed E-state index contributed by atoms with van der Waals surface area (Å²) in [6, 6.07) is 4.57. The van der Waals surface area contributed by atoms with E-state index >= 15 is 0 Å². The Morgan fingerprint density at radius 1 is 1.33 bits per heavy atom. The first-order chi connectivity index (χ1) is 8.32. The number of hydrogen-bond acceptors (Lipinski definition) is 3. The molecule has 8 heteroatoms. The van der Waals surface area contributed by atoms with Gasteiger partial charge in [0.05, 0.1) is 21.5 Å². The van der Waals surface area contributed by atoms with Crippen molar-refractivity contribution in [1.82, 2.24) is 0 Å². The van der Waals surface area contributed by atoms with Gasteiger partial charge in [-0.05, 0) is 18.6 Å². The van der Waals surface area contributed by atoms with Crippen LogP contribution in [-0.4, -0.2) is 25.2 Å². The topological polar surface area (TPSA) is 83.5 Å². The van der Waals surface area contributed by atoms with E-state index in [2.05, 4.69) is 4.72 Å². The number of hydrogen-bond donors (Lipinski definition) is 2. The second-order valence-corrected chi connectivity index (χ2v) is 6.15. The molecule has 0 heterocycles. The van der Waals surface area contributed by atoms with Crippen molar-refractivity contribution in [3.8, 4) is 0 Å². The average molecular weight is 312 g/mol. The summed E-state index contributed by atoms with van der Waals surface area (Å²) < 4.78 is 25.5. The van der Waals surface area contributed by atoms with E-state index in [1.165, 1.54) is 12.1 Å². The largest absolute Gasteiger partial charge is 0.481 e. The van der Waals surface area contributed by atoms with Gasteiger partial charge in [-0.3, -0.25) is 9.52 Å². The second-order valence-electron chi connectivity index (χ2n) is 3.52. The molecule has 2 N–H and O–H groups in total. The lowest BCUT2D eigenvalue weighted by Crippen LogP contribution is -2.17. The fourth-order valence-corrected chi connectivity index (χ4v) is 2.75. The Balaban J connectivity index is 2.71. The molecular weight excluding hydrogens is 301 g/mol. The quantitative estimate of drug-likeness (QED) is 0.845. The third-order valence-electron chi connectivity index (χ3n) is 2.02. The summed E-state index contributed by atoms with van der Waals surface area (Å²) in [5, 5.41) is 8.78. The molecule has 0 aliphatic rings. The Hall–Kier alpha value is -0.980. The predicted octanol–water partition coefficient (Wildman–Crippen LogP) is 2.60. The Kier molecular flexibility index (Phi) is 5.25. The van der Waals surface area contributed by atoms with Crippen LogP contribution in [0.1, 0.15) is 12.8 Å². The molecule has 0 saturated heterocycles. The molecule has 0 fully saturated rings. The van der Waals surface area contributed by atoms with Crippen LogP contribution in [0.15, 0.2) is 18.2 Å². The maximum atomic E-state index is 11.6. The Morgan fingerprint density at radius 2 is 2.00 bits per heavy atom. The molecule has 0 atom stereocenters. The number of carbonyl (C=O) groups is 1.